The second-order valence-corrected chi connectivity index (χ2v) is 6.13. The number of hydrogen-bond acceptors (Lipinski definition) is 4. The monoisotopic (exact) mass is 400 g/mol. The van der Waals surface area contributed by atoms with E-state index in [1.54, 1.807) is 0 Å². The Hall–Kier alpha value is -3.92. The Labute approximate surface area is 177 Å². The highest BCUT2D eigenvalue weighted by atomic mass is 16.5. The SMILES string of the molecule is C=Cc1ccccc1.O=C(/C=C\C(=O)OCc1ccccc1)OCc1ccccc1. The Morgan fingerprint density at radius 1 is 0.633 bits per heavy atom. The van der Waals surface area contributed by atoms with Gasteiger partial charge in [-0.2, -0.15) is 0 Å². The Morgan fingerprint density at radius 2 is 1.00 bits per heavy atom. The number of ether oxygens (including phenoxy) is 2. The molecule has 0 aliphatic rings. The maximum absolute atomic E-state index is 11.5. The molecule has 0 heterocycles. The van der Waals surface area contributed by atoms with Crippen LogP contribution in [0.5, 0.6) is 0 Å². The van der Waals surface area contributed by atoms with E-state index in [4.69, 9.17) is 9.47 Å². The smallest absolute Gasteiger partial charge is 0.331 e. The van der Waals surface area contributed by atoms with E-state index in [1.165, 1.54) is 5.56 Å². The van der Waals surface area contributed by atoms with Gasteiger partial charge >= 0.3 is 11.9 Å². The molecule has 0 bridgehead atoms. The molecule has 0 spiro atoms. The number of carbonyl (C=O) groups is 2. The van der Waals surface area contributed by atoms with E-state index in [0.717, 1.165) is 23.3 Å². The summed E-state index contributed by atoms with van der Waals surface area (Å²) < 4.78 is 10.0. The highest BCUT2D eigenvalue weighted by Crippen LogP contribution is 2.02. The first kappa shape index (κ1) is 22.4. The Bertz CT molecular complexity index is 875. The van der Waals surface area contributed by atoms with Gasteiger partial charge in [0, 0.05) is 12.2 Å². The highest BCUT2D eigenvalue weighted by molar-refractivity contribution is 5.91. The second kappa shape index (κ2) is 13.3. The molecule has 152 valence electrons. The van der Waals surface area contributed by atoms with Crippen molar-refractivity contribution in [2.45, 2.75) is 13.2 Å². The topological polar surface area (TPSA) is 52.6 Å². The molecule has 4 heteroatoms. The molecule has 0 unspecified atom stereocenters. The molecule has 0 aromatic heterocycles. The molecule has 30 heavy (non-hydrogen) atoms. The van der Waals surface area contributed by atoms with Gasteiger partial charge in [-0.15, -0.1) is 0 Å². The fourth-order valence-electron chi connectivity index (χ4n) is 2.28. The maximum atomic E-state index is 11.5. The van der Waals surface area contributed by atoms with E-state index in [9.17, 15) is 9.59 Å². The number of rotatable bonds is 7. The molecule has 0 fully saturated rings. The molecule has 0 saturated carbocycles. The zero-order chi connectivity index (χ0) is 21.4. The summed E-state index contributed by atoms with van der Waals surface area (Å²) in [7, 11) is 0. The summed E-state index contributed by atoms with van der Waals surface area (Å²) in [4.78, 5) is 23.0. The fraction of sp³-hybridized carbons (Fsp3) is 0.0769. The van der Waals surface area contributed by atoms with Gasteiger partial charge in [0.05, 0.1) is 0 Å². The Balaban J connectivity index is 0.000000335. The molecular weight excluding hydrogens is 376 g/mol. The molecule has 0 radical (unpaired) electrons. The third-order valence-electron chi connectivity index (χ3n) is 3.84. The predicted molar refractivity (Wildman–Crippen MR) is 118 cm³/mol. The first-order valence-electron chi connectivity index (χ1n) is 9.44. The van der Waals surface area contributed by atoms with Crippen LogP contribution in [-0.4, -0.2) is 11.9 Å². The first-order valence-corrected chi connectivity index (χ1v) is 9.44. The van der Waals surface area contributed by atoms with Crippen LogP contribution < -0.4 is 0 Å². The Morgan fingerprint density at radius 3 is 1.33 bits per heavy atom. The molecule has 0 aliphatic heterocycles. The summed E-state index contributed by atoms with van der Waals surface area (Å²) in [6.45, 7) is 3.97. The quantitative estimate of drug-likeness (QED) is 0.396. The Kier molecular flexibility index (Phi) is 9.91. The van der Waals surface area contributed by atoms with Crippen molar-refractivity contribution < 1.29 is 19.1 Å². The van der Waals surface area contributed by atoms with Crippen molar-refractivity contribution >= 4 is 18.0 Å². The van der Waals surface area contributed by atoms with Crippen molar-refractivity contribution in [1.29, 1.82) is 0 Å². The molecule has 0 atom stereocenters. The lowest BCUT2D eigenvalue weighted by molar-refractivity contribution is -0.141. The summed E-state index contributed by atoms with van der Waals surface area (Å²) in [5.74, 6) is -1.17. The largest absolute Gasteiger partial charge is 0.458 e. The van der Waals surface area contributed by atoms with Gasteiger partial charge in [-0.1, -0.05) is 104 Å². The third kappa shape index (κ3) is 9.33. The van der Waals surface area contributed by atoms with Crippen molar-refractivity contribution in [3.05, 3.63) is 126 Å². The van der Waals surface area contributed by atoms with Crippen molar-refractivity contribution in [3.63, 3.8) is 0 Å². The van der Waals surface area contributed by atoms with Gasteiger partial charge in [0.1, 0.15) is 13.2 Å². The van der Waals surface area contributed by atoms with E-state index in [2.05, 4.69) is 6.58 Å². The van der Waals surface area contributed by atoms with E-state index in [-0.39, 0.29) is 13.2 Å². The van der Waals surface area contributed by atoms with Crippen molar-refractivity contribution in [2.24, 2.45) is 0 Å². The minimum Gasteiger partial charge on any atom is -0.458 e. The minimum atomic E-state index is -0.583. The highest BCUT2D eigenvalue weighted by Gasteiger charge is 2.02. The van der Waals surface area contributed by atoms with Gasteiger partial charge in [0.2, 0.25) is 0 Å². The number of benzene rings is 3. The molecule has 3 rings (SSSR count). The summed E-state index contributed by atoms with van der Waals surface area (Å²) in [6.07, 6.45) is 3.96. The normalized spacial score (nSPS) is 9.87. The van der Waals surface area contributed by atoms with Gasteiger partial charge in [0.25, 0.3) is 0 Å². The summed E-state index contributed by atoms with van der Waals surface area (Å²) >= 11 is 0. The van der Waals surface area contributed by atoms with Crippen LogP contribution in [0.1, 0.15) is 16.7 Å². The first-order chi connectivity index (χ1) is 14.7. The predicted octanol–water partition coefficient (Wildman–Crippen LogP) is 5.36. The van der Waals surface area contributed by atoms with Gasteiger partial charge in [-0.3, -0.25) is 0 Å². The lowest BCUT2D eigenvalue weighted by Crippen LogP contribution is -2.04. The molecule has 0 saturated heterocycles. The van der Waals surface area contributed by atoms with Crippen molar-refractivity contribution in [1.82, 2.24) is 0 Å². The van der Waals surface area contributed by atoms with Crippen LogP contribution in [0.25, 0.3) is 6.08 Å². The van der Waals surface area contributed by atoms with Gasteiger partial charge in [-0.25, -0.2) is 9.59 Å². The van der Waals surface area contributed by atoms with Crippen LogP contribution >= 0.6 is 0 Å². The molecule has 0 N–H and O–H groups in total. The van der Waals surface area contributed by atoms with E-state index in [1.807, 2.05) is 97.1 Å². The molecular formula is C26H24O4. The van der Waals surface area contributed by atoms with Crippen LogP contribution in [0.15, 0.2) is 110 Å². The number of esters is 2. The number of hydrogen-bond donors (Lipinski definition) is 0. The number of carbonyl (C=O) groups excluding carboxylic acids is 2. The standard InChI is InChI=1S/C18H16O4.C8H8/c19-17(21-13-15-7-3-1-4-8-15)11-12-18(20)22-14-16-9-5-2-6-10-16;1-2-8-6-4-3-5-7-8/h1-12H,13-14H2;2-7H,1H2/b12-11-;. The minimum absolute atomic E-state index is 0.170. The summed E-state index contributed by atoms with van der Waals surface area (Å²) in [6, 6.07) is 28.6. The van der Waals surface area contributed by atoms with E-state index >= 15 is 0 Å². The molecule has 4 nitrogen and oxygen atoms in total. The zero-order valence-corrected chi connectivity index (χ0v) is 16.6. The second-order valence-electron chi connectivity index (χ2n) is 6.13. The van der Waals surface area contributed by atoms with Crippen molar-refractivity contribution in [3.8, 4) is 0 Å². The molecule has 0 amide bonds. The van der Waals surface area contributed by atoms with Crippen molar-refractivity contribution in [2.75, 3.05) is 0 Å². The lowest BCUT2D eigenvalue weighted by Gasteiger charge is -2.02. The fourth-order valence-corrected chi connectivity index (χ4v) is 2.28. The average molecular weight is 400 g/mol. The van der Waals surface area contributed by atoms with E-state index in [0.29, 0.717) is 0 Å². The summed E-state index contributed by atoms with van der Waals surface area (Å²) in [5, 5.41) is 0. The van der Waals surface area contributed by atoms with Crippen LogP contribution in [0, 0.1) is 0 Å². The third-order valence-corrected chi connectivity index (χ3v) is 3.84. The molecule has 3 aromatic rings. The van der Waals surface area contributed by atoms with Crippen LogP contribution in [0.4, 0.5) is 0 Å². The van der Waals surface area contributed by atoms with Gasteiger partial charge in [0.15, 0.2) is 0 Å². The van der Waals surface area contributed by atoms with Crippen LogP contribution in [0.2, 0.25) is 0 Å². The van der Waals surface area contributed by atoms with Gasteiger partial charge < -0.3 is 9.47 Å². The van der Waals surface area contributed by atoms with Crippen LogP contribution in [-0.2, 0) is 32.3 Å². The molecule has 0 aliphatic carbocycles. The maximum Gasteiger partial charge on any atom is 0.331 e. The van der Waals surface area contributed by atoms with Crippen LogP contribution in [0.3, 0.4) is 0 Å². The lowest BCUT2D eigenvalue weighted by atomic mass is 10.2. The molecule has 3 aromatic carbocycles. The summed E-state index contributed by atoms with van der Waals surface area (Å²) in [5.41, 5.74) is 2.94. The average Bonchev–Trinajstić information content (AvgIpc) is 2.82. The van der Waals surface area contributed by atoms with Gasteiger partial charge in [-0.05, 0) is 16.7 Å². The van der Waals surface area contributed by atoms with E-state index < -0.39 is 11.9 Å². The zero-order valence-electron chi connectivity index (χ0n) is 16.6.